The number of para-hydroxylation sites is 1. The lowest BCUT2D eigenvalue weighted by Gasteiger charge is -2.15. The van der Waals surface area contributed by atoms with Crippen LogP contribution >= 0.6 is 11.3 Å². The predicted octanol–water partition coefficient (Wildman–Crippen LogP) is 13.4. The first-order chi connectivity index (χ1) is 24.3. The number of rotatable bonds is 5. The highest BCUT2D eigenvalue weighted by Gasteiger charge is 2.17. The molecule has 0 fully saturated rings. The van der Waals surface area contributed by atoms with E-state index in [-0.39, 0.29) is 0 Å². The summed E-state index contributed by atoms with van der Waals surface area (Å²) in [6.45, 7) is 0. The average molecular weight is 643 g/mol. The topological polar surface area (TPSA) is 17.0 Å². The summed E-state index contributed by atoms with van der Waals surface area (Å²) in [5.41, 5.74) is 10.5. The fourth-order valence-electron chi connectivity index (χ4n) is 7.38. The van der Waals surface area contributed by atoms with Gasteiger partial charge in [0.2, 0.25) is 0 Å². The van der Waals surface area contributed by atoms with Crippen LogP contribution in [0.2, 0.25) is 0 Å². The minimum absolute atomic E-state index is 1.07. The summed E-state index contributed by atoms with van der Waals surface area (Å²) in [5, 5.41) is 11.3. The van der Waals surface area contributed by atoms with Gasteiger partial charge in [-0.2, -0.15) is 0 Å². The van der Waals surface area contributed by atoms with Crippen LogP contribution in [0, 0.1) is 0 Å². The van der Waals surface area contributed by atoms with Crippen LogP contribution in [-0.4, -0.2) is 4.57 Å². The van der Waals surface area contributed by atoms with Gasteiger partial charge in [0.05, 0.1) is 11.0 Å². The van der Waals surface area contributed by atoms with Crippen molar-refractivity contribution in [2.75, 3.05) is 5.32 Å². The van der Waals surface area contributed by atoms with Crippen molar-refractivity contribution in [1.82, 2.24) is 4.57 Å². The van der Waals surface area contributed by atoms with Gasteiger partial charge in [0.1, 0.15) is 0 Å². The van der Waals surface area contributed by atoms with Crippen molar-refractivity contribution in [1.29, 1.82) is 0 Å². The largest absolute Gasteiger partial charge is 0.355 e. The van der Waals surface area contributed by atoms with Crippen LogP contribution in [0.25, 0.3) is 80.7 Å². The molecule has 2 aromatic heterocycles. The van der Waals surface area contributed by atoms with E-state index in [1.807, 2.05) is 17.4 Å². The van der Waals surface area contributed by atoms with Crippen LogP contribution in [-0.2, 0) is 0 Å². The third-order valence-electron chi connectivity index (χ3n) is 9.75. The molecule has 0 unspecified atom stereocenters. The Balaban J connectivity index is 1.20. The molecule has 0 saturated carbocycles. The summed E-state index contributed by atoms with van der Waals surface area (Å²) < 4.78 is 5.09. The molecule has 3 heteroatoms. The Hall–Kier alpha value is -6.16. The third-order valence-corrected chi connectivity index (χ3v) is 10.9. The molecule has 0 spiro atoms. The molecule has 0 amide bonds. The van der Waals surface area contributed by atoms with E-state index < -0.39 is 0 Å². The van der Waals surface area contributed by atoms with E-state index in [0.717, 1.165) is 11.4 Å². The van der Waals surface area contributed by atoms with Crippen molar-refractivity contribution in [2.45, 2.75) is 0 Å². The lowest BCUT2D eigenvalue weighted by Crippen LogP contribution is -1.94. The van der Waals surface area contributed by atoms with Crippen LogP contribution in [0.4, 0.5) is 11.4 Å². The molecule has 2 heterocycles. The van der Waals surface area contributed by atoms with Crippen molar-refractivity contribution in [3.8, 4) is 27.9 Å². The summed E-state index contributed by atoms with van der Waals surface area (Å²) in [4.78, 5) is 0. The van der Waals surface area contributed by atoms with E-state index in [1.165, 1.54) is 80.7 Å². The first-order valence-electron chi connectivity index (χ1n) is 16.7. The highest BCUT2D eigenvalue weighted by Crippen LogP contribution is 2.42. The lowest BCUT2D eigenvalue weighted by atomic mass is 9.96. The molecule has 1 N–H and O–H groups in total. The smallest absolute Gasteiger partial charge is 0.0555 e. The van der Waals surface area contributed by atoms with E-state index in [4.69, 9.17) is 0 Å². The zero-order valence-electron chi connectivity index (χ0n) is 26.6. The number of thiophene rings is 1. The van der Waals surface area contributed by atoms with Crippen LogP contribution in [0.3, 0.4) is 0 Å². The van der Waals surface area contributed by atoms with Crippen LogP contribution < -0.4 is 5.32 Å². The van der Waals surface area contributed by atoms with E-state index in [1.54, 1.807) is 0 Å². The zero-order valence-corrected chi connectivity index (χ0v) is 27.4. The van der Waals surface area contributed by atoms with Gasteiger partial charge >= 0.3 is 0 Å². The first kappa shape index (κ1) is 27.9. The summed E-state index contributed by atoms with van der Waals surface area (Å²) in [5.74, 6) is 0. The average Bonchev–Trinajstić information content (AvgIpc) is 3.69. The van der Waals surface area contributed by atoms with Crippen molar-refractivity contribution in [3.05, 3.63) is 176 Å². The van der Waals surface area contributed by atoms with E-state index in [9.17, 15) is 0 Å². The molecule has 0 aliphatic carbocycles. The maximum atomic E-state index is 3.66. The summed E-state index contributed by atoms with van der Waals surface area (Å²) in [7, 11) is 0. The maximum absolute atomic E-state index is 3.66. The second kappa shape index (κ2) is 11.2. The Labute approximate surface area is 288 Å². The molecule has 0 aliphatic heterocycles. The number of benzene rings is 8. The Bertz CT molecular complexity index is 2840. The minimum Gasteiger partial charge on any atom is -0.355 e. The van der Waals surface area contributed by atoms with E-state index in [2.05, 4.69) is 180 Å². The van der Waals surface area contributed by atoms with Gasteiger partial charge in [0.25, 0.3) is 0 Å². The van der Waals surface area contributed by atoms with Crippen LogP contribution in [0.5, 0.6) is 0 Å². The Morgan fingerprint density at radius 1 is 0.408 bits per heavy atom. The van der Waals surface area contributed by atoms with Gasteiger partial charge in [-0.15, -0.1) is 11.3 Å². The second-order valence-corrected chi connectivity index (χ2v) is 13.8. The second-order valence-electron chi connectivity index (χ2n) is 12.7. The number of aromatic nitrogens is 1. The fraction of sp³-hybridized carbons (Fsp3) is 0. The van der Waals surface area contributed by atoms with E-state index in [0.29, 0.717) is 0 Å². The number of hydrogen-bond acceptors (Lipinski definition) is 2. The first-order valence-corrected chi connectivity index (χ1v) is 17.5. The fourth-order valence-corrected chi connectivity index (χ4v) is 8.50. The van der Waals surface area contributed by atoms with Gasteiger partial charge in [-0.3, -0.25) is 0 Å². The quantitative estimate of drug-likeness (QED) is 0.198. The van der Waals surface area contributed by atoms with Gasteiger partial charge in [0.15, 0.2) is 0 Å². The third kappa shape index (κ3) is 4.70. The zero-order chi connectivity index (χ0) is 32.3. The standard InChI is InChI=1S/C46H30N2S/c1-3-12-31(13-4-1)38-26-33(20-23-42(38)47-35-15-5-2-6-16-35)34-21-24-43-39(27-34)40-28-41-37-17-9-10-18-45(37)49-46(41)29-44(40)48(43)36-22-19-30-11-7-8-14-32(30)25-36/h1-29,47H. The normalized spacial score (nSPS) is 11.7. The lowest BCUT2D eigenvalue weighted by molar-refractivity contribution is 1.19. The van der Waals surface area contributed by atoms with Gasteiger partial charge in [0, 0.05) is 53.6 Å². The SMILES string of the molecule is c1ccc(Nc2ccc(-c3ccc4c(c3)c3cc5c(cc3n4-c3ccc4ccccc4c3)sc3ccccc35)cc2-c2ccccc2)cc1. The monoisotopic (exact) mass is 642 g/mol. The highest BCUT2D eigenvalue weighted by molar-refractivity contribution is 7.25. The van der Waals surface area contributed by atoms with Gasteiger partial charge in [-0.05, 0) is 94.2 Å². The van der Waals surface area contributed by atoms with Crippen LogP contribution in [0.15, 0.2) is 176 Å². The van der Waals surface area contributed by atoms with Gasteiger partial charge < -0.3 is 9.88 Å². The van der Waals surface area contributed by atoms with Crippen LogP contribution in [0.1, 0.15) is 0 Å². The Morgan fingerprint density at radius 2 is 1.12 bits per heavy atom. The molecule has 10 aromatic rings. The summed E-state index contributed by atoms with van der Waals surface area (Å²) >= 11 is 1.87. The number of fused-ring (bicyclic) bond motifs is 7. The highest BCUT2D eigenvalue weighted by atomic mass is 32.1. The van der Waals surface area contributed by atoms with Crippen molar-refractivity contribution in [3.63, 3.8) is 0 Å². The molecular formula is C46H30N2S. The Morgan fingerprint density at radius 3 is 2.00 bits per heavy atom. The molecule has 230 valence electrons. The molecular weight excluding hydrogens is 613 g/mol. The maximum Gasteiger partial charge on any atom is 0.0555 e. The number of nitrogens with one attached hydrogen (secondary N) is 1. The molecule has 0 bridgehead atoms. The number of hydrogen-bond donors (Lipinski definition) is 1. The van der Waals surface area contributed by atoms with Crippen molar-refractivity contribution in [2.24, 2.45) is 0 Å². The Kier molecular flexibility index (Phi) is 6.39. The molecule has 10 rings (SSSR count). The summed E-state index contributed by atoms with van der Waals surface area (Å²) in [6, 6.07) is 63.9. The van der Waals surface area contributed by atoms with Crippen molar-refractivity contribution >= 4 is 75.5 Å². The minimum atomic E-state index is 1.07. The van der Waals surface area contributed by atoms with E-state index >= 15 is 0 Å². The molecule has 0 radical (unpaired) electrons. The number of anilines is 2. The molecule has 0 atom stereocenters. The molecule has 0 aliphatic rings. The molecule has 49 heavy (non-hydrogen) atoms. The molecule has 0 saturated heterocycles. The summed E-state index contributed by atoms with van der Waals surface area (Å²) in [6.07, 6.45) is 0. The molecule has 8 aromatic carbocycles. The van der Waals surface area contributed by atoms with Gasteiger partial charge in [-0.25, -0.2) is 0 Å². The van der Waals surface area contributed by atoms with Gasteiger partial charge in [-0.1, -0.05) is 109 Å². The predicted molar refractivity (Wildman–Crippen MR) is 212 cm³/mol. The van der Waals surface area contributed by atoms with Crippen molar-refractivity contribution < 1.29 is 0 Å². The number of nitrogens with zero attached hydrogens (tertiary/aromatic N) is 1. The molecule has 2 nitrogen and oxygen atoms in total.